The normalized spacial score (nSPS) is 15.7. The third-order valence-electron chi connectivity index (χ3n) is 11.0. The number of H-pyrrole nitrogens is 2. The second kappa shape index (κ2) is 17.8. The van der Waals surface area contributed by atoms with Gasteiger partial charge < -0.3 is 30.1 Å². The quantitative estimate of drug-likeness (QED) is 0.0937. The van der Waals surface area contributed by atoms with Gasteiger partial charge in [0.1, 0.15) is 0 Å². The molecule has 0 saturated heterocycles. The van der Waals surface area contributed by atoms with Crippen LogP contribution in [0.25, 0.3) is 34.4 Å². The number of carbonyl (C=O) groups is 4. The molecule has 6 rings (SSSR count). The molecule has 4 heterocycles. The van der Waals surface area contributed by atoms with Crippen molar-refractivity contribution in [2.45, 2.75) is 88.5 Å². The van der Waals surface area contributed by atoms with Crippen molar-refractivity contribution in [1.82, 2.24) is 20.6 Å². The molecule has 2 aromatic heterocycles. The summed E-state index contributed by atoms with van der Waals surface area (Å²) in [4.78, 5) is 58.7. The third-order valence-corrected chi connectivity index (χ3v) is 11.0. The van der Waals surface area contributed by atoms with E-state index in [0.717, 1.165) is 78.7 Å². The number of aromatic nitrogens is 2. The molecule has 0 bridgehead atoms. The minimum Gasteiger partial charge on any atom is -0.462 e. The Balaban J connectivity index is 1.49. The smallest absolute Gasteiger partial charge is 0.338 e. The molecule has 0 spiro atoms. The first-order valence-corrected chi connectivity index (χ1v) is 20.6. The van der Waals surface area contributed by atoms with E-state index in [-0.39, 0.29) is 35.6 Å². The second-order valence-corrected chi connectivity index (χ2v) is 16.3. The van der Waals surface area contributed by atoms with Crippen LogP contribution in [0.4, 0.5) is 0 Å². The van der Waals surface area contributed by atoms with E-state index in [2.05, 4.69) is 34.4 Å². The first-order valence-electron chi connectivity index (χ1n) is 20.6. The number of allylic oxidation sites excluding steroid dienone is 2. The van der Waals surface area contributed by atoms with Gasteiger partial charge >= 0.3 is 11.9 Å². The average molecular weight is 797 g/mol. The van der Waals surface area contributed by atoms with E-state index in [1.807, 2.05) is 91.8 Å². The molecule has 2 aromatic carbocycles. The molecule has 0 fully saturated rings. The molecule has 308 valence electrons. The lowest BCUT2D eigenvalue weighted by molar-refractivity contribution is -0.117. The van der Waals surface area contributed by atoms with Gasteiger partial charge in [0.05, 0.1) is 24.3 Å². The van der Waals surface area contributed by atoms with Gasteiger partial charge in [-0.15, -0.1) is 0 Å². The van der Waals surface area contributed by atoms with Gasteiger partial charge in [-0.1, -0.05) is 65.8 Å². The van der Waals surface area contributed by atoms with Gasteiger partial charge in [0.15, 0.2) is 0 Å². The van der Waals surface area contributed by atoms with Crippen molar-refractivity contribution in [1.29, 1.82) is 0 Å². The molecule has 0 unspecified atom stereocenters. The molecular weight excluding hydrogens is 741 g/mol. The van der Waals surface area contributed by atoms with Crippen LogP contribution in [0.3, 0.4) is 0 Å². The molecule has 10 heteroatoms. The van der Waals surface area contributed by atoms with Crippen molar-refractivity contribution in [2.75, 3.05) is 13.2 Å². The van der Waals surface area contributed by atoms with Crippen LogP contribution in [0.15, 0.2) is 82.2 Å². The highest BCUT2D eigenvalue weighted by Crippen LogP contribution is 2.38. The van der Waals surface area contributed by atoms with Crippen molar-refractivity contribution in [3.05, 3.63) is 127 Å². The summed E-state index contributed by atoms with van der Waals surface area (Å²) in [6.45, 7) is 20.6. The van der Waals surface area contributed by atoms with Crippen LogP contribution in [0.1, 0.15) is 123 Å². The molecule has 2 aliphatic rings. The van der Waals surface area contributed by atoms with Crippen LogP contribution in [-0.4, -0.2) is 46.9 Å². The van der Waals surface area contributed by atoms with Crippen molar-refractivity contribution in [2.24, 2.45) is 11.8 Å². The Hall–Kier alpha value is -6.16. The summed E-state index contributed by atoms with van der Waals surface area (Å²) in [5, 5.41) is 6.10. The lowest BCUT2D eigenvalue weighted by Crippen LogP contribution is -2.15. The van der Waals surface area contributed by atoms with Crippen LogP contribution in [0.2, 0.25) is 0 Å². The highest BCUT2D eigenvalue weighted by molar-refractivity contribution is 6.02. The minimum absolute atomic E-state index is 0.0974. The van der Waals surface area contributed by atoms with E-state index in [4.69, 9.17) is 9.47 Å². The summed E-state index contributed by atoms with van der Waals surface area (Å²) in [7, 11) is 0. The maximum Gasteiger partial charge on any atom is 0.338 e. The number of aromatic amines is 2. The van der Waals surface area contributed by atoms with E-state index in [9.17, 15) is 19.2 Å². The van der Waals surface area contributed by atoms with Crippen molar-refractivity contribution in [3.63, 3.8) is 0 Å². The molecule has 0 aliphatic carbocycles. The van der Waals surface area contributed by atoms with E-state index in [1.165, 1.54) is 0 Å². The summed E-state index contributed by atoms with van der Waals surface area (Å²) in [6.07, 6.45) is 5.86. The van der Waals surface area contributed by atoms with E-state index < -0.39 is 0 Å². The van der Waals surface area contributed by atoms with Crippen LogP contribution in [-0.2, 0) is 25.5 Å². The molecule has 0 radical (unpaired) electrons. The Labute approximate surface area is 347 Å². The summed E-state index contributed by atoms with van der Waals surface area (Å²) in [5.74, 6) is -0.480. The fourth-order valence-electron chi connectivity index (χ4n) is 7.78. The third kappa shape index (κ3) is 8.97. The number of hydrogen-bond donors (Lipinski definition) is 4. The number of amides is 2. The number of esters is 2. The first kappa shape index (κ1) is 42.4. The zero-order valence-corrected chi connectivity index (χ0v) is 35.9. The molecule has 2 aliphatic heterocycles. The number of ether oxygens (including phenoxy) is 2. The minimum atomic E-state index is -0.366. The largest absolute Gasteiger partial charge is 0.462 e. The van der Waals surface area contributed by atoms with Crippen LogP contribution in [0, 0.1) is 25.7 Å². The molecule has 4 N–H and O–H groups in total. The van der Waals surface area contributed by atoms with Crippen LogP contribution in [0.5, 0.6) is 0 Å². The second-order valence-electron chi connectivity index (χ2n) is 16.3. The van der Waals surface area contributed by atoms with Crippen LogP contribution >= 0.6 is 0 Å². The van der Waals surface area contributed by atoms with Gasteiger partial charge in [0.2, 0.25) is 0 Å². The standard InChI is InChI=1S/C49H56N4O6/c1-11-36-28(7)46(54)52-40(36)21-38-30(9)44(32-13-17-34(18-14-32)48(56)58-24-26(3)4)42(50-38)23-43-45(33-15-19-35(20-16-33)49(57)59-25-27(5)6)31(10)39(51-43)22-41-37(12-2)29(8)47(55)53-41/h13-22,26-27,50-51H,11-12,23-25H2,1-10H3,(H,52,54)(H,53,55)/b40-21-,41-22-. The monoisotopic (exact) mass is 796 g/mol. The van der Waals surface area contributed by atoms with Gasteiger partial charge in [-0.3, -0.25) is 9.59 Å². The predicted octanol–water partition coefficient (Wildman–Crippen LogP) is 9.90. The zero-order valence-electron chi connectivity index (χ0n) is 35.9. The van der Waals surface area contributed by atoms with Crippen molar-refractivity contribution >= 4 is 35.9 Å². The topological polar surface area (TPSA) is 142 Å². The zero-order chi connectivity index (χ0) is 42.7. The number of hydrogen-bond acceptors (Lipinski definition) is 6. The molecule has 4 aromatic rings. The summed E-state index contributed by atoms with van der Waals surface area (Å²) >= 11 is 0. The Morgan fingerprint density at radius 3 is 1.27 bits per heavy atom. The van der Waals surface area contributed by atoms with Gasteiger partial charge in [-0.05, 0) is 122 Å². The van der Waals surface area contributed by atoms with E-state index >= 15 is 0 Å². The summed E-state index contributed by atoms with van der Waals surface area (Å²) in [5.41, 5.74) is 15.1. The van der Waals surface area contributed by atoms with Crippen molar-refractivity contribution < 1.29 is 28.7 Å². The number of rotatable bonds is 14. The van der Waals surface area contributed by atoms with Gasteiger partial charge in [0, 0.05) is 62.9 Å². The number of benzene rings is 2. The van der Waals surface area contributed by atoms with E-state index in [0.29, 0.717) is 54.7 Å². The SMILES string of the molecule is CCC1=C(C)C(=O)N/C1=C\c1[nH]c(Cc2[nH]c(/C=C3\NC(=O)C(C)=C3CC)c(C)c2-c2ccc(C(=O)OCC(C)C)cc2)c(-c2ccc(C(=O)OCC(C)C)cc2)c1C. The predicted molar refractivity (Wildman–Crippen MR) is 233 cm³/mol. The lowest BCUT2D eigenvalue weighted by Gasteiger charge is -2.11. The Kier molecular flexibility index (Phi) is 12.8. The molecule has 0 saturated carbocycles. The van der Waals surface area contributed by atoms with E-state index in [1.54, 1.807) is 24.3 Å². The van der Waals surface area contributed by atoms with Gasteiger partial charge in [0.25, 0.3) is 11.8 Å². The highest BCUT2D eigenvalue weighted by Gasteiger charge is 2.27. The molecule has 2 amide bonds. The van der Waals surface area contributed by atoms with Gasteiger partial charge in [-0.2, -0.15) is 0 Å². The highest BCUT2D eigenvalue weighted by atomic mass is 16.5. The number of carbonyl (C=O) groups excluding carboxylic acids is 4. The molecular formula is C49H56N4O6. The number of nitrogens with one attached hydrogen (secondary N) is 4. The fraction of sp³-hybridized carbons (Fsp3) is 0.347. The Morgan fingerprint density at radius 2 is 0.949 bits per heavy atom. The summed E-state index contributed by atoms with van der Waals surface area (Å²) < 4.78 is 11.0. The Morgan fingerprint density at radius 1 is 0.593 bits per heavy atom. The first-order chi connectivity index (χ1) is 28.1. The summed E-state index contributed by atoms with van der Waals surface area (Å²) in [6, 6.07) is 15.0. The van der Waals surface area contributed by atoms with Crippen LogP contribution < -0.4 is 10.6 Å². The Bertz CT molecular complexity index is 2260. The molecule has 10 nitrogen and oxygen atoms in total. The molecule has 59 heavy (non-hydrogen) atoms. The maximum atomic E-state index is 12.9. The van der Waals surface area contributed by atoms with Crippen molar-refractivity contribution in [3.8, 4) is 22.3 Å². The average Bonchev–Trinajstić information content (AvgIpc) is 3.87. The lowest BCUT2D eigenvalue weighted by atomic mass is 9.94. The molecule has 0 atom stereocenters. The maximum absolute atomic E-state index is 12.9. The van der Waals surface area contributed by atoms with Gasteiger partial charge in [-0.25, -0.2) is 9.59 Å². The fourth-order valence-corrected chi connectivity index (χ4v) is 7.78.